The summed E-state index contributed by atoms with van der Waals surface area (Å²) in [5.41, 5.74) is 4.78. The predicted molar refractivity (Wildman–Crippen MR) is 107 cm³/mol. The van der Waals surface area contributed by atoms with E-state index in [-0.39, 0.29) is 5.91 Å². The fourth-order valence-corrected chi connectivity index (χ4v) is 4.15. The van der Waals surface area contributed by atoms with Crippen LogP contribution in [0.15, 0.2) is 17.6 Å². The van der Waals surface area contributed by atoms with Gasteiger partial charge in [-0.3, -0.25) is 4.79 Å². The maximum absolute atomic E-state index is 12.7. The predicted octanol–water partition coefficient (Wildman–Crippen LogP) is 2.99. The summed E-state index contributed by atoms with van der Waals surface area (Å²) in [5.74, 6) is 1.35. The molecule has 27 heavy (non-hydrogen) atoms. The van der Waals surface area contributed by atoms with Crippen molar-refractivity contribution >= 4 is 17.2 Å². The lowest BCUT2D eigenvalue weighted by molar-refractivity contribution is 0.0772. The number of methoxy groups -OCH3 is 2. The summed E-state index contributed by atoms with van der Waals surface area (Å²) in [5, 5.41) is 0. The lowest BCUT2D eigenvalue weighted by Gasteiger charge is -2.19. The van der Waals surface area contributed by atoms with Crippen LogP contribution >= 0.6 is 11.3 Å². The third-order valence-corrected chi connectivity index (χ3v) is 6.02. The number of thiazole rings is 1. The number of hydrogen-bond acceptors (Lipinski definition) is 6. The van der Waals surface area contributed by atoms with Crippen molar-refractivity contribution < 1.29 is 14.3 Å². The van der Waals surface area contributed by atoms with Gasteiger partial charge in [0.15, 0.2) is 11.5 Å². The van der Waals surface area contributed by atoms with Gasteiger partial charge in [-0.1, -0.05) is 0 Å². The molecule has 0 N–H and O–H groups in total. The van der Waals surface area contributed by atoms with Gasteiger partial charge in [-0.15, -0.1) is 11.3 Å². The van der Waals surface area contributed by atoms with Crippen molar-refractivity contribution in [2.45, 2.75) is 26.3 Å². The number of fused-ring (bicyclic) bond motifs is 1. The van der Waals surface area contributed by atoms with Crippen LogP contribution in [0.5, 0.6) is 11.5 Å². The fourth-order valence-electron chi connectivity index (χ4n) is 3.38. The van der Waals surface area contributed by atoms with Gasteiger partial charge in [0.05, 0.1) is 25.4 Å². The van der Waals surface area contributed by atoms with Crippen LogP contribution in [-0.4, -0.2) is 61.6 Å². The number of aryl methyl sites for hydroxylation is 1. The highest BCUT2D eigenvalue weighted by atomic mass is 32.1. The first-order valence-electron chi connectivity index (χ1n) is 9.15. The smallest absolute Gasteiger partial charge is 0.254 e. The number of rotatable bonds is 9. The highest BCUT2D eigenvalue weighted by molar-refractivity contribution is 7.09. The summed E-state index contributed by atoms with van der Waals surface area (Å²) in [6.45, 7) is 5.42. The zero-order valence-corrected chi connectivity index (χ0v) is 17.3. The SMILES string of the molecule is COc1cc2c(cc1OC)C(=O)N(CCCN(C)CCc1scnc1C)C2. The van der Waals surface area contributed by atoms with Gasteiger partial charge in [-0.2, -0.15) is 0 Å². The number of carbonyl (C=O) groups is 1. The molecule has 7 heteroatoms. The van der Waals surface area contributed by atoms with Crippen molar-refractivity contribution in [2.75, 3.05) is 40.9 Å². The molecule has 0 atom stereocenters. The minimum atomic E-state index is 0.0777. The second-order valence-corrected chi connectivity index (χ2v) is 7.80. The average molecular weight is 390 g/mol. The molecule has 1 aliphatic rings. The van der Waals surface area contributed by atoms with Crippen LogP contribution in [0.4, 0.5) is 0 Å². The first kappa shape index (κ1) is 19.6. The molecule has 1 aliphatic heterocycles. The minimum Gasteiger partial charge on any atom is -0.493 e. The quantitative estimate of drug-likeness (QED) is 0.660. The molecule has 3 rings (SSSR count). The first-order valence-corrected chi connectivity index (χ1v) is 10.0. The number of ether oxygens (including phenoxy) is 2. The molecule has 1 aromatic heterocycles. The van der Waals surface area contributed by atoms with Crippen molar-refractivity contribution in [3.8, 4) is 11.5 Å². The van der Waals surface area contributed by atoms with Crippen LogP contribution in [0.3, 0.4) is 0 Å². The zero-order valence-electron chi connectivity index (χ0n) is 16.4. The summed E-state index contributed by atoms with van der Waals surface area (Å²) >= 11 is 1.72. The number of hydrogen-bond donors (Lipinski definition) is 0. The van der Waals surface area contributed by atoms with E-state index in [2.05, 4.69) is 23.9 Å². The van der Waals surface area contributed by atoms with Crippen LogP contribution in [-0.2, 0) is 13.0 Å². The normalized spacial score (nSPS) is 13.4. The molecular weight excluding hydrogens is 362 g/mol. The molecular formula is C20H27N3O3S. The summed E-state index contributed by atoms with van der Waals surface area (Å²) < 4.78 is 10.7. The highest BCUT2D eigenvalue weighted by Crippen LogP contribution is 2.34. The molecule has 0 saturated carbocycles. The molecule has 2 heterocycles. The van der Waals surface area contributed by atoms with Crippen LogP contribution in [0.1, 0.15) is 32.9 Å². The van der Waals surface area contributed by atoms with Gasteiger partial charge in [0.1, 0.15) is 0 Å². The molecule has 2 aromatic rings. The van der Waals surface area contributed by atoms with Crippen LogP contribution in [0.2, 0.25) is 0 Å². The third kappa shape index (κ3) is 4.42. The zero-order chi connectivity index (χ0) is 19.4. The van der Waals surface area contributed by atoms with Crippen molar-refractivity contribution in [2.24, 2.45) is 0 Å². The van der Waals surface area contributed by atoms with Crippen molar-refractivity contribution in [3.63, 3.8) is 0 Å². The monoisotopic (exact) mass is 389 g/mol. The van der Waals surface area contributed by atoms with Gasteiger partial charge in [-0.05, 0) is 51.1 Å². The van der Waals surface area contributed by atoms with Gasteiger partial charge in [0.25, 0.3) is 5.91 Å². The van der Waals surface area contributed by atoms with E-state index in [9.17, 15) is 4.79 Å². The highest BCUT2D eigenvalue weighted by Gasteiger charge is 2.29. The molecule has 0 spiro atoms. The number of nitrogens with zero attached hydrogens (tertiary/aromatic N) is 3. The number of benzene rings is 1. The second-order valence-electron chi connectivity index (χ2n) is 6.86. The Morgan fingerprint density at radius 3 is 2.63 bits per heavy atom. The van der Waals surface area contributed by atoms with E-state index < -0.39 is 0 Å². The lowest BCUT2D eigenvalue weighted by Crippen LogP contribution is -2.29. The molecule has 0 saturated heterocycles. The van der Waals surface area contributed by atoms with E-state index >= 15 is 0 Å². The average Bonchev–Trinajstić information content (AvgIpc) is 3.22. The van der Waals surface area contributed by atoms with Gasteiger partial charge >= 0.3 is 0 Å². The first-order chi connectivity index (χ1) is 13.0. The molecule has 0 aliphatic carbocycles. The Morgan fingerprint density at radius 1 is 1.22 bits per heavy atom. The molecule has 146 valence electrons. The van der Waals surface area contributed by atoms with E-state index in [1.807, 2.05) is 16.5 Å². The molecule has 0 unspecified atom stereocenters. The number of aromatic nitrogens is 1. The van der Waals surface area contributed by atoms with Gasteiger partial charge in [-0.25, -0.2) is 4.98 Å². The topological polar surface area (TPSA) is 54.9 Å². The van der Waals surface area contributed by atoms with E-state index in [0.29, 0.717) is 18.0 Å². The summed E-state index contributed by atoms with van der Waals surface area (Å²) in [7, 11) is 5.33. The summed E-state index contributed by atoms with van der Waals surface area (Å²) in [6.07, 6.45) is 1.98. The number of likely N-dealkylation sites (N-methyl/N-ethyl adjacent to an activating group) is 1. The summed E-state index contributed by atoms with van der Waals surface area (Å²) in [6, 6.07) is 3.70. The third-order valence-electron chi connectivity index (χ3n) is 5.02. The van der Waals surface area contributed by atoms with Crippen LogP contribution < -0.4 is 9.47 Å². The van der Waals surface area contributed by atoms with E-state index in [4.69, 9.17) is 9.47 Å². The Hall–Kier alpha value is -2.12. The standard InChI is InChI=1S/C20H27N3O3S/c1-14-19(27-13-21-14)6-9-22(2)7-5-8-23-12-15-10-17(25-3)18(26-4)11-16(15)20(23)24/h10-11,13H,5-9,12H2,1-4H3. The van der Waals surface area contributed by atoms with Gasteiger partial charge in [0, 0.05) is 30.1 Å². The van der Waals surface area contributed by atoms with E-state index in [1.165, 1.54) is 4.88 Å². The molecule has 0 radical (unpaired) electrons. The van der Waals surface area contributed by atoms with Gasteiger partial charge < -0.3 is 19.3 Å². The maximum Gasteiger partial charge on any atom is 0.254 e. The number of amides is 1. The van der Waals surface area contributed by atoms with Crippen molar-refractivity contribution in [1.82, 2.24) is 14.8 Å². The Bertz CT molecular complexity index is 806. The lowest BCUT2D eigenvalue weighted by atomic mass is 10.1. The summed E-state index contributed by atoms with van der Waals surface area (Å²) in [4.78, 5) is 22.6. The Labute approximate surface area is 164 Å². The molecule has 0 bridgehead atoms. The fraction of sp³-hybridized carbons (Fsp3) is 0.500. The minimum absolute atomic E-state index is 0.0777. The molecule has 1 amide bonds. The Morgan fingerprint density at radius 2 is 1.96 bits per heavy atom. The van der Waals surface area contributed by atoms with E-state index in [1.54, 1.807) is 31.6 Å². The second kappa shape index (κ2) is 8.71. The van der Waals surface area contributed by atoms with E-state index in [0.717, 1.165) is 49.3 Å². The van der Waals surface area contributed by atoms with Gasteiger partial charge in [0.2, 0.25) is 0 Å². The maximum atomic E-state index is 12.7. The number of carbonyl (C=O) groups excluding carboxylic acids is 1. The molecule has 0 fully saturated rings. The van der Waals surface area contributed by atoms with Crippen LogP contribution in [0, 0.1) is 6.92 Å². The Balaban J connectivity index is 1.49. The van der Waals surface area contributed by atoms with Crippen molar-refractivity contribution in [3.05, 3.63) is 39.3 Å². The van der Waals surface area contributed by atoms with Crippen LogP contribution in [0.25, 0.3) is 0 Å². The Kier molecular flexibility index (Phi) is 6.34. The largest absolute Gasteiger partial charge is 0.493 e. The van der Waals surface area contributed by atoms with Crippen molar-refractivity contribution in [1.29, 1.82) is 0 Å². The molecule has 1 aromatic carbocycles. The molecule has 6 nitrogen and oxygen atoms in total.